The summed E-state index contributed by atoms with van der Waals surface area (Å²) in [5.41, 5.74) is 2.52. The van der Waals surface area contributed by atoms with E-state index in [1.165, 1.54) is 18.2 Å². The van der Waals surface area contributed by atoms with Gasteiger partial charge in [-0.05, 0) is 37.4 Å². The number of rotatable bonds is 8. The normalized spacial score (nSPS) is 13.7. The maximum atomic E-state index is 11.3. The van der Waals surface area contributed by atoms with Crippen LogP contribution in [0.5, 0.6) is 0 Å². The summed E-state index contributed by atoms with van der Waals surface area (Å²) in [5, 5.41) is 3.23. The van der Waals surface area contributed by atoms with Gasteiger partial charge in [-0.1, -0.05) is 38.1 Å². The first-order valence-electron chi connectivity index (χ1n) is 7.07. The van der Waals surface area contributed by atoms with E-state index < -0.39 is 10.0 Å². The molecule has 0 saturated carbocycles. The molecule has 1 unspecified atom stereocenters. The van der Waals surface area contributed by atoms with Crippen molar-refractivity contribution in [1.29, 1.82) is 0 Å². The Morgan fingerprint density at radius 3 is 2.20 bits per heavy atom. The molecule has 4 nitrogen and oxygen atoms in total. The topological polar surface area (TPSA) is 58.2 Å². The van der Waals surface area contributed by atoms with E-state index in [4.69, 9.17) is 0 Å². The molecule has 114 valence electrons. The van der Waals surface area contributed by atoms with Gasteiger partial charge in [-0.2, -0.15) is 0 Å². The van der Waals surface area contributed by atoms with Crippen LogP contribution < -0.4 is 10.0 Å². The second-order valence-corrected chi connectivity index (χ2v) is 7.58. The zero-order valence-electron chi connectivity index (χ0n) is 12.8. The summed E-state index contributed by atoms with van der Waals surface area (Å²) in [4.78, 5) is 0. The van der Waals surface area contributed by atoms with Crippen LogP contribution in [0.4, 0.5) is 0 Å². The number of hydrogen-bond donors (Lipinski definition) is 2. The minimum atomic E-state index is -3.13. The Bertz CT molecular complexity index is 495. The van der Waals surface area contributed by atoms with Crippen molar-refractivity contribution < 1.29 is 8.42 Å². The van der Waals surface area contributed by atoms with Gasteiger partial charge in [0.05, 0.1) is 5.75 Å². The Morgan fingerprint density at radius 1 is 1.10 bits per heavy atom. The highest BCUT2D eigenvalue weighted by Crippen LogP contribution is 2.15. The molecule has 1 aromatic carbocycles. The second kappa shape index (κ2) is 7.76. The lowest BCUT2D eigenvalue weighted by atomic mass is 10.00. The molecule has 1 rings (SSSR count). The van der Waals surface area contributed by atoms with Gasteiger partial charge in [-0.15, -0.1) is 0 Å². The second-order valence-electron chi connectivity index (χ2n) is 5.54. The summed E-state index contributed by atoms with van der Waals surface area (Å²) in [7, 11) is -1.69. The van der Waals surface area contributed by atoms with Crippen LogP contribution in [0, 0.1) is 5.92 Å². The first-order valence-corrected chi connectivity index (χ1v) is 8.72. The highest BCUT2D eigenvalue weighted by Gasteiger charge is 2.09. The van der Waals surface area contributed by atoms with Crippen LogP contribution in [0.2, 0.25) is 0 Å². The smallest absolute Gasteiger partial charge is 0.212 e. The molecule has 0 fully saturated rings. The molecule has 0 aromatic heterocycles. The Morgan fingerprint density at radius 2 is 1.70 bits per heavy atom. The van der Waals surface area contributed by atoms with E-state index in [0.29, 0.717) is 12.5 Å². The van der Waals surface area contributed by atoms with Crippen LogP contribution >= 0.6 is 0 Å². The molecular formula is C15H26N2O2S. The van der Waals surface area contributed by atoms with Gasteiger partial charge in [0.1, 0.15) is 0 Å². The Balaban J connectivity index is 2.49. The largest absolute Gasteiger partial charge is 0.309 e. The van der Waals surface area contributed by atoms with Gasteiger partial charge < -0.3 is 5.32 Å². The van der Waals surface area contributed by atoms with Crippen molar-refractivity contribution in [3.05, 3.63) is 35.4 Å². The van der Waals surface area contributed by atoms with Gasteiger partial charge in [-0.25, -0.2) is 13.1 Å². The number of hydrogen-bond acceptors (Lipinski definition) is 3. The lowest BCUT2D eigenvalue weighted by Crippen LogP contribution is -2.30. The van der Waals surface area contributed by atoms with Gasteiger partial charge >= 0.3 is 0 Å². The average molecular weight is 298 g/mol. The van der Waals surface area contributed by atoms with Crippen molar-refractivity contribution in [3.63, 3.8) is 0 Å². The minimum Gasteiger partial charge on any atom is -0.309 e. The molecule has 0 amide bonds. The molecule has 0 bridgehead atoms. The predicted octanol–water partition coefficient (Wildman–Crippen LogP) is 2.08. The Hall–Kier alpha value is -0.910. The fourth-order valence-electron chi connectivity index (χ4n) is 2.04. The standard InChI is InChI=1S/C15H26N2O2S/c1-12(2)11-14-5-7-15(8-6-14)13(3)17-9-10-20(18,19)16-4/h5-8,12-13,16-17H,9-11H2,1-4H3. The van der Waals surface area contributed by atoms with Crippen LogP contribution in [-0.2, 0) is 16.4 Å². The molecule has 1 aromatic rings. The monoisotopic (exact) mass is 298 g/mol. The third kappa shape index (κ3) is 6.03. The maximum Gasteiger partial charge on any atom is 0.212 e. The molecule has 0 heterocycles. The zero-order chi connectivity index (χ0) is 15.2. The predicted molar refractivity (Wildman–Crippen MR) is 84.2 cm³/mol. The molecule has 0 radical (unpaired) electrons. The molecule has 0 spiro atoms. The van der Waals surface area contributed by atoms with Crippen LogP contribution in [-0.4, -0.2) is 27.8 Å². The molecule has 0 aliphatic heterocycles. The third-order valence-corrected chi connectivity index (χ3v) is 4.62. The van der Waals surface area contributed by atoms with Gasteiger partial charge in [0.25, 0.3) is 0 Å². The van der Waals surface area contributed by atoms with E-state index in [1.54, 1.807) is 0 Å². The van der Waals surface area contributed by atoms with Crippen molar-refractivity contribution in [3.8, 4) is 0 Å². The summed E-state index contributed by atoms with van der Waals surface area (Å²) in [5.74, 6) is 0.752. The molecule has 1 atom stereocenters. The lowest BCUT2D eigenvalue weighted by molar-refractivity contribution is 0.567. The van der Waals surface area contributed by atoms with Crippen LogP contribution in [0.1, 0.15) is 37.9 Å². The first kappa shape index (κ1) is 17.1. The summed E-state index contributed by atoms with van der Waals surface area (Å²) < 4.78 is 24.9. The van der Waals surface area contributed by atoms with Crippen LogP contribution in [0.3, 0.4) is 0 Å². The van der Waals surface area contributed by atoms with E-state index in [0.717, 1.165) is 6.42 Å². The zero-order valence-corrected chi connectivity index (χ0v) is 13.6. The third-order valence-electron chi connectivity index (χ3n) is 3.26. The minimum absolute atomic E-state index is 0.0965. The first-order chi connectivity index (χ1) is 9.34. The van der Waals surface area contributed by atoms with Gasteiger partial charge in [0.15, 0.2) is 0 Å². The summed E-state index contributed by atoms with van der Waals surface area (Å²) >= 11 is 0. The van der Waals surface area contributed by atoms with Gasteiger partial charge in [0, 0.05) is 12.6 Å². The number of benzene rings is 1. The van der Waals surface area contributed by atoms with E-state index in [9.17, 15) is 8.42 Å². The Kier molecular flexibility index (Phi) is 6.65. The van der Waals surface area contributed by atoms with Gasteiger partial charge in [0.2, 0.25) is 10.0 Å². The number of nitrogens with one attached hydrogen (secondary N) is 2. The number of sulfonamides is 1. The maximum absolute atomic E-state index is 11.3. The molecule has 20 heavy (non-hydrogen) atoms. The van der Waals surface area contributed by atoms with Crippen molar-refractivity contribution in [2.24, 2.45) is 5.92 Å². The summed E-state index contributed by atoms with van der Waals surface area (Å²) in [6.45, 7) is 6.90. The average Bonchev–Trinajstić information content (AvgIpc) is 2.38. The van der Waals surface area contributed by atoms with Gasteiger partial charge in [-0.3, -0.25) is 0 Å². The van der Waals surface area contributed by atoms with E-state index in [2.05, 4.69) is 48.2 Å². The van der Waals surface area contributed by atoms with Crippen molar-refractivity contribution in [1.82, 2.24) is 10.0 Å². The van der Waals surface area contributed by atoms with Crippen LogP contribution in [0.15, 0.2) is 24.3 Å². The van der Waals surface area contributed by atoms with E-state index in [-0.39, 0.29) is 11.8 Å². The summed E-state index contributed by atoms with van der Waals surface area (Å²) in [6.07, 6.45) is 1.09. The molecule has 5 heteroatoms. The van der Waals surface area contributed by atoms with Crippen molar-refractivity contribution >= 4 is 10.0 Å². The van der Waals surface area contributed by atoms with E-state index in [1.807, 2.05) is 6.92 Å². The van der Waals surface area contributed by atoms with Crippen molar-refractivity contribution in [2.75, 3.05) is 19.3 Å². The highest BCUT2D eigenvalue weighted by atomic mass is 32.2. The fourth-order valence-corrected chi connectivity index (χ4v) is 2.63. The molecule has 2 N–H and O–H groups in total. The molecule has 0 aliphatic rings. The SMILES string of the molecule is CNS(=O)(=O)CCNC(C)c1ccc(CC(C)C)cc1. The summed E-state index contributed by atoms with van der Waals surface area (Å²) in [6, 6.07) is 8.68. The highest BCUT2D eigenvalue weighted by molar-refractivity contribution is 7.89. The molecule has 0 saturated heterocycles. The Labute approximate surface area is 123 Å². The van der Waals surface area contributed by atoms with E-state index >= 15 is 0 Å². The lowest BCUT2D eigenvalue weighted by Gasteiger charge is -2.15. The van der Waals surface area contributed by atoms with Crippen molar-refractivity contribution in [2.45, 2.75) is 33.2 Å². The fraction of sp³-hybridized carbons (Fsp3) is 0.600. The van der Waals surface area contributed by atoms with Crippen LogP contribution in [0.25, 0.3) is 0 Å². The quantitative estimate of drug-likeness (QED) is 0.772. The molecular weight excluding hydrogens is 272 g/mol. The molecule has 0 aliphatic carbocycles.